The number of amides is 1. The van der Waals surface area contributed by atoms with Crippen molar-refractivity contribution in [2.75, 3.05) is 13.2 Å². The number of aryl methyl sites for hydroxylation is 2. The summed E-state index contributed by atoms with van der Waals surface area (Å²) in [7, 11) is 0. The van der Waals surface area contributed by atoms with Crippen LogP contribution in [0.1, 0.15) is 88.6 Å². The quantitative estimate of drug-likeness (QED) is 0.0469. The molecule has 1 amide bonds. The number of hydrogen-bond acceptors (Lipinski definition) is 6. The number of pyridine rings is 1. The lowest BCUT2D eigenvalue weighted by molar-refractivity contribution is -0.110. The van der Waals surface area contributed by atoms with Gasteiger partial charge in [0, 0.05) is 41.2 Å². The minimum Gasteiger partial charge on any atom is -0.363 e. The predicted octanol–water partition coefficient (Wildman–Crippen LogP) is 8.60. The number of halogens is 1. The van der Waals surface area contributed by atoms with Crippen molar-refractivity contribution in [1.82, 2.24) is 20.4 Å². The molecule has 0 atom stereocenters. The molecule has 4 aromatic rings. The first-order chi connectivity index (χ1) is 22.2. The Kier molecular flexibility index (Phi) is 12.4. The second kappa shape index (κ2) is 16.5. The molecule has 2 aromatic carbocycles. The number of carbonyl (C=O) groups excluding carboxylic acids is 1. The summed E-state index contributed by atoms with van der Waals surface area (Å²) in [5.74, 6) is 0.233. The summed E-state index contributed by atoms with van der Waals surface area (Å²) >= 11 is 0. The molecule has 0 spiro atoms. The molecule has 2 heterocycles. The minimum atomic E-state index is -0.516. The molecular weight excluding hydrogens is 581 g/mol. The number of rotatable bonds is 19. The van der Waals surface area contributed by atoms with Crippen LogP contribution in [0.2, 0.25) is 0 Å². The van der Waals surface area contributed by atoms with Crippen LogP contribution in [0.3, 0.4) is 0 Å². The molecule has 0 fully saturated rings. The number of nitrogens with one attached hydrogen (secondary N) is 2. The third-order valence-corrected chi connectivity index (χ3v) is 8.51. The van der Waals surface area contributed by atoms with E-state index >= 15 is 0 Å². The van der Waals surface area contributed by atoms with Crippen molar-refractivity contribution in [3.63, 3.8) is 0 Å². The first kappa shape index (κ1) is 34.8. The molecule has 0 unspecified atom stereocenters. The summed E-state index contributed by atoms with van der Waals surface area (Å²) in [4.78, 5) is 31.0. The molecule has 0 saturated carbocycles. The van der Waals surface area contributed by atoms with Crippen LogP contribution in [0.25, 0.3) is 33.3 Å². The number of nitrogens with zero attached hydrogens (tertiary/aromatic N) is 3. The Morgan fingerprint density at radius 1 is 1.04 bits per heavy atom. The van der Waals surface area contributed by atoms with Gasteiger partial charge in [-0.05, 0) is 96.7 Å². The summed E-state index contributed by atoms with van der Waals surface area (Å²) in [5, 5.41) is 3.81. The van der Waals surface area contributed by atoms with Gasteiger partial charge in [0.2, 0.25) is 6.41 Å². The van der Waals surface area contributed by atoms with E-state index in [-0.39, 0.29) is 17.9 Å². The van der Waals surface area contributed by atoms with Gasteiger partial charge in [-0.2, -0.15) is 0 Å². The molecule has 4 rings (SSSR count). The van der Waals surface area contributed by atoms with Crippen LogP contribution in [-0.4, -0.2) is 29.1 Å². The van der Waals surface area contributed by atoms with Gasteiger partial charge in [0.25, 0.3) is 0 Å². The normalized spacial score (nSPS) is 11.7. The maximum atomic E-state index is 14.1. The Balaban J connectivity index is 1.76. The van der Waals surface area contributed by atoms with E-state index < -0.39 is 6.67 Å². The molecule has 0 saturated heterocycles. The zero-order valence-corrected chi connectivity index (χ0v) is 27.9. The third-order valence-electron chi connectivity index (χ3n) is 8.51. The predicted molar refractivity (Wildman–Crippen MR) is 184 cm³/mol. The number of aromatic nitrogens is 2. The summed E-state index contributed by atoms with van der Waals surface area (Å²) in [5.41, 5.74) is 14.4. The topological polar surface area (TPSA) is 97.6 Å². The third kappa shape index (κ3) is 8.57. The molecule has 0 aliphatic rings. The maximum absolute atomic E-state index is 14.1. The lowest BCUT2D eigenvalue weighted by Gasteiger charge is -2.24. The summed E-state index contributed by atoms with van der Waals surface area (Å²) < 4.78 is 16.5. The lowest BCUT2D eigenvalue weighted by Crippen LogP contribution is -2.30. The van der Waals surface area contributed by atoms with E-state index in [1.165, 1.54) is 5.56 Å². The number of benzene rings is 2. The van der Waals surface area contributed by atoms with Gasteiger partial charge in [-0.1, -0.05) is 58.7 Å². The number of hydrazine groups is 1. The lowest BCUT2D eigenvalue weighted by atomic mass is 9.84. The van der Waals surface area contributed by atoms with E-state index in [4.69, 9.17) is 9.82 Å². The highest BCUT2D eigenvalue weighted by molar-refractivity contribution is 5.95. The molecule has 46 heavy (non-hydrogen) atoms. The fourth-order valence-electron chi connectivity index (χ4n) is 6.39. The number of hydrogen-bond donors (Lipinski definition) is 2. The monoisotopic (exact) mass is 629 g/mol. The zero-order chi connectivity index (χ0) is 33.1. The minimum absolute atomic E-state index is 0.201. The fourth-order valence-corrected chi connectivity index (χ4v) is 6.39. The molecule has 8 nitrogen and oxygen atoms in total. The number of fused-ring (bicyclic) bond motifs is 1. The van der Waals surface area contributed by atoms with Gasteiger partial charge >= 0.3 is 0 Å². The second-order valence-corrected chi connectivity index (χ2v) is 13.1. The van der Waals surface area contributed by atoms with Crippen LogP contribution >= 0.6 is 0 Å². The van der Waals surface area contributed by atoms with Crippen molar-refractivity contribution in [2.24, 2.45) is 10.8 Å². The number of unbranched alkanes of at least 4 members (excludes halogenated alkanes) is 3. The van der Waals surface area contributed by atoms with Crippen molar-refractivity contribution >= 4 is 17.3 Å². The Bertz CT molecular complexity index is 1610. The number of carbonyl (C=O) groups is 1. The maximum Gasteiger partial charge on any atom is 0.221 e. The van der Waals surface area contributed by atoms with Crippen molar-refractivity contribution in [2.45, 2.75) is 92.3 Å². The van der Waals surface area contributed by atoms with Gasteiger partial charge in [0.05, 0.1) is 11.4 Å². The van der Waals surface area contributed by atoms with Crippen molar-refractivity contribution in [3.8, 4) is 22.4 Å². The molecule has 0 aliphatic heterocycles. The molecule has 2 aromatic heterocycles. The van der Waals surface area contributed by atoms with Gasteiger partial charge in [-0.15, -0.1) is 4.91 Å². The van der Waals surface area contributed by atoms with Gasteiger partial charge in [0.1, 0.15) is 13.3 Å². The second-order valence-electron chi connectivity index (χ2n) is 13.1. The summed E-state index contributed by atoms with van der Waals surface area (Å²) in [6, 6.07) is 16.8. The summed E-state index contributed by atoms with van der Waals surface area (Å²) in [6.07, 6.45) is 8.13. The van der Waals surface area contributed by atoms with Gasteiger partial charge in [-0.25, -0.2) is 9.82 Å². The highest BCUT2D eigenvalue weighted by Crippen LogP contribution is 2.41. The van der Waals surface area contributed by atoms with Crippen molar-refractivity contribution < 1.29 is 14.0 Å². The highest BCUT2D eigenvalue weighted by Gasteiger charge is 2.28. The van der Waals surface area contributed by atoms with Gasteiger partial charge in [0.15, 0.2) is 5.34 Å². The Morgan fingerprint density at radius 2 is 1.83 bits per heavy atom. The van der Waals surface area contributed by atoms with E-state index in [0.29, 0.717) is 18.4 Å². The van der Waals surface area contributed by atoms with Crippen LogP contribution in [0.4, 0.5) is 4.39 Å². The Labute approximate surface area is 272 Å². The fraction of sp³-hybridized carbons (Fsp3) is 0.459. The number of alkyl halides is 1. The average molecular weight is 630 g/mol. The van der Waals surface area contributed by atoms with Crippen LogP contribution < -0.4 is 10.9 Å². The van der Waals surface area contributed by atoms with E-state index in [2.05, 4.69) is 85.7 Å². The molecule has 246 valence electrons. The van der Waals surface area contributed by atoms with E-state index in [9.17, 15) is 14.1 Å². The molecule has 9 heteroatoms. The van der Waals surface area contributed by atoms with Crippen molar-refractivity contribution in [3.05, 3.63) is 82.0 Å². The van der Waals surface area contributed by atoms with Crippen LogP contribution in [0, 0.1) is 10.3 Å². The largest absolute Gasteiger partial charge is 0.363 e. The molecule has 2 N–H and O–H groups in total. The van der Waals surface area contributed by atoms with Crippen molar-refractivity contribution in [1.29, 1.82) is 0 Å². The van der Waals surface area contributed by atoms with Crippen LogP contribution in [-0.2, 0) is 35.7 Å². The van der Waals surface area contributed by atoms with E-state index in [1.54, 1.807) is 0 Å². The molecular formula is C37H48FN5O3. The molecule has 0 aliphatic carbocycles. The van der Waals surface area contributed by atoms with Crippen LogP contribution in [0.5, 0.6) is 0 Å². The zero-order valence-electron chi connectivity index (χ0n) is 27.9. The van der Waals surface area contributed by atoms with Gasteiger partial charge < -0.3 is 9.40 Å². The first-order valence-electron chi connectivity index (χ1n) is 16.4. The Hall–Kier alpha value is -4.11. The van der Waals surface area contributed by atoms with Crippen LogP contribution in [0.15, 0.2) is 60.1 Å². The Morgan fingerprint density at radius 3 is 2.54 bits per heavy atom. The smallest absolute Gasteiger partial charge is 0.221 e. The van der Waals surface area contributed by atoms with E-state index in [0.717, 1.165) is 89.7 Å². The molecule has 0 bridgehead atoms. The first-order valence-corrected chi connectivity index (χ1v) is 16.4. The highest BCUT2D eigenvalue weighted by atomic mass is 19.1. The standard InChI is InChI=1S/C37H48FN5O3/c1-6-43-34-15-14-29(30-19-27(18-28(20-30)23-38)12-9-7-8-10-17-40-41-25-44)21-32(34)33(22-37(4,5)24-46-42-45)36(43)31-13-11-16-39-35(31)26(2)3/h11,13-16,18-21,25-26,40H,6-10,12,17,22-24H2,1-5H3,(H,41,44). The molecule has 0 radical (unpaired) electrons. The van der Waals surface area contributed by atoms with E-state index in [1.807, 2.05) is 24.4 Å². The summed E-state index contributed by atoms with van der Waals surface area (Å²) in [6.45, 7) is 11.9. The average Bonchev–Trinajstić information content (AvgIpc) is 3.36. The SMILES string of the molecule is CCn1c(-c2cccnc2C(C)C)c(CC(C)(C)CON=O)c2cc(-c3cc(CF)cc(CCCCCCNNC=O)c3)ccc21. The van der Waals surface area contributed by atoms with Gasteiger partial charge in [-0.3, -0.25) is 15.2 Å².